The Hall–Kier alpha value is -1.29. The fraction of sp³-hybridized carbons (Fsp3) is 0.667. The molecule has 2 N–H and O–H groups in total. The number of halogens is 1. The van der Waals surface area contributed by atoms with Crippen LogP contribution in [0.3, 0.4) is 0 Å². The van der Waals surface area contributed by atoms with Gasteiger partial charge in [0, 0.05) is 40.2 Å². The van der Waals surface area contributed by atoms with Gasteiger partial charge >= 0.3 is 0 Å². The van der Waals surface area contributed by atoms with Crippen molar-refractivity contribution in [3.63, 3.8) is 0 Å². The van der Waals surface area contributed by atoms with Gasteiger partial charge in [0.15, 0.2) is 5.96 Å². The molecule has 0 saturated carbocycles. The van der Waals surface area contributed by atoms with Gasteiger partial charge in [-0.3, -0.25) is 4.79 Å². The molecule has 0 spiro atoms. The lowest BCUT2D eigenvalue weighted by Gasteiger charge is -2.14. The van der Waals surface area contributed by atoms with Crippen LogP contribution >= 0.6 is 24.0 Å². The highest BCUT2D eigenvalue weighted by Crippen LogP contribution is 1.99. The molecule has 7 nitrogen and oxygen atoms in total. The highest BCUT2D eigenvalue weighted by atomic mass is 127. The molecule has 0 aliphatic carbocycles. The standard InChI is InChI=1S/C18H32N4O3.HI/c1-15(2)24-12-6-5-10-19-18(21-14-17(23)22(3)4)20-11-9-16-8-7-13-25-16;/h7-8,13,15H,5-6,9-12,14H2,1-4H3,(H2,19,20,21);1H. The number of unbranched alkanes of at least 4 members (excludes halogenated alkanes) is 1. The Morgan fingerprint density at radius 3 is 2.62 bits per heavy atom. The largest absolute Gasteiger partial charge is 0.469 e. The van der Waals surface area contributed by atoms with Crippen LogP contribution in [0.4, 0.5) is 0 Å². The molecule has 26 heavy (non-hydrogen) atoms. The smallest absolute Gasteiger partial charge is 0.243 e. The van der Waals surface area contributed by atoms with Crippen molar-refractivity contribution in [1.82, 2.24) is 15.5 Å². The summed E-state index contributed by atoms with van der Waals surface area (Å²) >= 11 is 0. The molecule has 0 bridgehead atoms. The summed E-state index contributed by atoms with van der Waals surface area (Å²) in [5.74, 6) is 1.53. The molecule has 0 aliphatic heterocycles. The van der Waals surface area contributed by atoms with E-state index in [-0.39, 0.29) is 42.5 Å². The number of nitrogens with one attached hydrogen (secondary N) is 2. The van der Waals surface area contributed by atoms with Crippen molar-refractivity contribution >= 4 is 35.8 Å². The second-order valence-electron chi connectivity index (χ2n) is 6.26. The second-order valence-corrected chi connectivity index (χ2v) is 6.26. The quantitative estimate of drug-likeness (QED) is 0.220. The first-order valence-electron chi connectivity index (χ1n) is 8.85. The Morgan fingerprint density at radius 2 is 2.00 bits per heavy atom. The molecule has 1 aromatic heterocycles. The van der Waals surface area contributed by atoms with E-state index in [0.717, 1.165) is 38.2 Å². The van der Waals surface area contributed by atoms with Crippen LogP contribution in [0.15, 0.2) is 27.8 Å². The predicted molar refractivity (Wildman–Crippen MR) is 115 cm³/mol. The minimum absolute atomic E-state index is 0. The summed E-state index contributed by atoms with van der Waals surface area (Å²) in [5.41, 5.74) is 0. The van der Waals surface area contributed by atoms with Crippen molar-refractivity contribution in [3.8, 4) is 0 Å². The molecule has 1 aromatic rings. The lowest BCUT2D eigenvalue weighted by molar-refractivity contribution is -0.127. The van der Waals surface area contributed by atoms with Gasteiger partial charge in [-0.15, -0.1) is 24.0 Å². The predicted octanol–water partition coefficient (Wildman–Crippen LogP) is 2.27. The summed E-state index contributed by atoms with van der Waals surface area (Å²) in [6.07, 6.45) is 4.66. The summed E-state index contributed by atoms with van der Waals surface area (Å²) in [7, 11) is 3.45. The van der Waals surface area contributed by atoms with Crippen molar-refractivity contribution in [2.75, 3.05) is 40.3 Å². The molecule has 8 heteroatoms. The zero-order valence-corrected chi connectivity index (χ0v) is 18.6. The molecule has 0 saturated heterocycles. The van der Waals surface area contributed by atoms with Gasteiger partial charge in [0.05, 0.1) is 12.4 Å². The monoisotopic (exact) mass is 480 g/mol. The van der Waals surface area contributed by atoms with Crippen LogP contribution in [0.2, 0.25) is 0 Å². The van der Waals surface area contributed by atoms with Crippen LogP contribution in [-0.4, -0.2) is 63.2 Å². The molecule has 0 radical (unpaired) electrons. The van der Waals surface area contributed by atoms with Gasteiger partial charge in [-0.25, -0.2) is 4.99 Å². The fourth-order valence-electron chi connectivity index (χ4n) is 1.97. The number of aliphatic imine (C=N–C) groups is 1. The molecule has 1 heterocycles. The van der Waals surface area contributed by atoms with Gasteiger partial charge in [-0.2, -0.15) is 0 Å². The summed E-state index contributed by atoms with van der Waals surface area (Å²) in [6.45, 7) is 6.42. The van der Waals surface area contributed by atoms with Gasteiger partial charge in [-0.05, 0) is 38.8 Å². The number of ether oxygens (including phenoxy) is 1. The maximum Gasteiger partial charge on any atom is 0.243 e. The van der Waals surface area contributed by atoms with Crippen LogP contribution in [0, 0.1) is 0 Å². The summed E-state index contributed by atoms with van der Waals surface area (Å²) in [6, 6.07) is 3.81. The van der Waals surface area contributed by atoms with Crippen molar-refractivity contribution in [1.29, 1.82) is 0 Å². The van der Waals surface area contributed by atoms with Gasteiger partial charge in [0.1, 0.15) is 12.3 Å². The molecule has 0 fully saturated rings. The van der Waals surface area contributed by atoms with Crippen LogP contribution in [0.25, 0.3) is 0 Å². The number of carbonyl (C=O) groups is 1. The van der Waals surface area contributed by atoms with E-state index in [1.807, 2.05) is 26.0 Å². The molecular weight excluding hydrogens is 447 g/mol. The third-order valence-electron chi connectivity index (χ3n) is 3.43. The lowest BCUT2D eigenvalue weighted by Crippen LogP contribution is -2.40. The third kappa shape index (κ3) is 12.1. The van der Waals surface area contributed by atoms with Gasteiger partial charge in [0.2, 0.25) is 5.91 Å². The fourth-order valence-corrected chi connectivity index (χ4v) is 1.97. The lowest BCUT2D eigenvalue weighted by atomic mass is 10.3. The van der Waals surface area contributed by atoms with E-state index < -0.39 is 0 Å². The van der Waals surface area contributed by atoms with Crippen LogP contribution < -0.4 is 10.6 Å². The Morgan fingerprint density at radius 1 is 1.27 bits per heavy atom. The molecule has 0 unspecified atom stereocenters. The number of hydrogen-bond donors (Lipinski definition) is 2. The average Bonchev–Trinajstić information content (AvgIpc) is 3.07. The molecule has 0 aromatic carbocycles. The Labute approximate surface area is 174 Å². The van der Waals surface area contributed by atoms with Crippen molar-refractivity contribution < 1.29 is 13.9 Å². The number of hydrogen-bond acceptors (Lipinski definition) is 4. The summed E-state index contributed by atoms with van der Waals surface area (Å²) in [5, 5.41) is 6.50. The van der Waals surface area contributed by atoms with E-state index in [9.17, 15) is 4.79 Å². The number of amides is 1. The first-order valence-corrected chi connectivity index (χ1v) is 8.85. The van der Waals surface area contributed by atoms with Gasteiger partial charge < -0.3 is 24.7 Å². The average molecular weight is 480 g/mol. The van der Waals surface area contributed by atoms with Gasteiger partial charge in [-0.1, -0.05) is 0 Å². The van der Waals surface area contributed by atoms with Crippen molar-refractivity contribution in [2.24, 2.45) is 4.99 Å². The van der Waals surface area contributed by atoms with E-state index in [2.05, 4.69) is 15.6 Å². The number of likely N-dealkylation sites (N-methyl/N-ethyl adjacent to an activating group) is 1. The van der Waals surface area contributed by atoms with E-state index in [0.29, 0.717) is 12.5 Å². The SMILES string of the molecule is CC(C)OCCCCNC(=NCC(=O)N(C)C)NCCc1ccco1.I. The first-order chi connectivity index (χ1) is 12.0. The van der Waals surface area contributed by atoms with E-state index in [1.165, 1.54) is 4.90 Å². The number of carbonyl (C=O) groups excluding carboxylic acids is 1. The second kappa shape index (κ2) is 14.8. The normalized spacial score (nSPS) is 11.2. The number of nitrogens with zero attached hydrogens (tertiary/aromatic N) is 2. The van der Waals surface area contributed by atoms with E-state index in [4.69, 9.17) is 9.15 Å². The summed E-state index contributed by atoms with van der Waals surface area (Å²) in [4.78, 5) is 17.6. The van der Waals surface area contributed by atoms with Crippen LogP contribution in [0.1, 0.15) is 32.4 Å². The van der Waals surface area contributed by atoms with Crippen LogP contribution in [0.5, 0.6) is 0 Å². The van der Waals surface area contributed by atoms with Crippen molar-refractivity contribution in [3.05, 3.63) is 24.2 Å². The zero-order chi connectivity index (χ0) is 18.5. The number of furan rings is 1. The molecule has 150 valence electrons. The summed E-state index contributed by atoms with van der Waals surface area (Å²) < 4.78 is 10.8. The zero-order valence-electron chi connectivity index (χ0n) is 16.3. The number of guanidine groups is 1. The van der Waals surface area contributed by atoms with E-state index in [1.54, 1.807) is 20.4 Å². The van der Waals surface area contributed by atoms with Gasteiger partial charge in [0.25, 0.3) is 0 Å². The Balaban J connectivity index is 0.00000625. The third-order valence-corrected chi connectivity index (χ3v) is 3.43. The number of rotatable bonds is 11. The molecule has 0 atom stereocenters. The maximum absolute atomic E-state index is 11.7. The highest BCUT2D eigenvalue weighted by Gasteiger charge is 2.05. The highest BCUT2D eigenvalue weighted by molar-refractivity contribution is 14.0. The molecular formula is C18H33IN4O3. The topological polar surface area (TPSA) is 79.1 Å². The Kier molecular flexibility index (Phi) is 14.1. The molecule has 0 aliphatic rings. The molecule has 1 rings (SSSR count). The Bertz CT molecular complexity index is 505. The maximum atomic E-state index is 11.7. The first kappa shape index (κ1) is 24.7. The minimum Gasteiger partial charge on any atom is -0.469 e. The van der Waals surface area contributed by atoms with E-state index >= 15 is 0 Å². The van der Waals surface area contributed by atoms with Crippen molar-refractivity contribution in [2.45, 2.75) is 39.2 Å². The minimum atomic E-state index is -0.0301. The molecule has 1 amide bonds. The van der Waals surface area contributed by atoms with Crippen LogP contribution in [-0.2, 0) is 16.0 Å².